The molecule has 1 aromatic carbocycles. The van der Waals surface area contributed by atoms with Crippen molar-refractivity contribution in [3.8, 4) is 0 Å². The van der Waals surface area contributed by atoms with Crippen LogP contribution in [0, 0.1) is 5.82 Å². The number of rotatable bonds is 8. The molecular weight excluding hydrogens is 279 g/mol. The van der Waals surface area contributed by atoms with E-state index in [1.165, 1.54) is 16.4 Å². The topological polar surface area (TPSA) is 49.4 Å². The highest BCUT2D eigenvalue weighted by molar-refractivity contribution is 7.89. The molecule has 0 atom stereocenters. The SMILES string of the molecule is CCCN(CCC)S(=O)(=O)c1cc(F)ccc1CNC. The smallest absolute Gasteiger partial charge is 0.243 e. The second-order valence-corrected chi connectivity index (χ2v) is 6.59. The maximum atomic E-state index is 13.4. The molecule has 0 amide bonds. The minimum Gasteiger partial charge on any atom is -0.316 e. The Morgan fingerprint density at radius 1 is 1.20 bits per heavy atom. The Morgan fingerprint density at radius 3 is 2.30 bits per heavy atom. The van der Waals surface area contributed by atoms with E-state index in [1.807, 2.05) is 13.8 Å². The van der Waals surface area contributed by atoms with Gasteiger partial charge in [0.05, 0.1) is 4.90 Å². The summed E-state index contributed by atoms with van der Waals surface area (Å²) in [5, 5.41) is 2.91. The molecular formula is C14H23FN2O2S. The van der Waals surface area contributed by atoms with Crippen LogP contribution in [-0.2, 0) is 16.6 Å². The Hall–Kier alpha value is -0.980. The summed E-state index contributed by atoms with van der Waals surface area (Å²) in [6, 6.07) is 3.92. The first kappa shape index (κ1) is 17.1. The van der Waals surface area contributed by atoms with Crippen molar-refractivity contribution in [1.29, 1.82) is 0 Å². The lowest BCUT2D eigenvalue weighted by Crippen LogP contribution is -2.33. The predicted molar refractivity (Wildman–Crippen MR) is 78.5 cm³/mol. The van der Waals surface area contributed by atoms with Crippen molar-refractivity contribution < 1.29 is 12.8 Å². The summed E-state index contributed by atoms with van der Waals surface area (Å²) < 4.78 is 40.3. The predicted octanol–water partition coefficient (Wildman–Crippen LogP) is 2.36. The van der Waals surface area contributed by atoms with Crippen LogP contribution in [0.3, 0.4) is 0 Å². The van der Waals surface area contributed by atoms with Gasteiger partial charge in [-0.2, -0.15) is 4.31 Å². The van der Waals surface area contributed by atoms with Gasteiger partial charge in [-0.1, -0.05) is 19.9 Å². The number of hydrogen-bond acceptors (Lipinski definition) is 3. The van der Waals surface area contributed by atoms with Crippen LogP contribution >= 0.6 is 0 Å². The molecule has 0 aromatic heterocycles. The fourth-order valence-corrected chi connectivity index (χ4v) is 3.95. The normalized spacial score (nSPS) is 12.1. The third-order valence-electron chi connectivity index (χ3n) is 2.96. The van der Waals surface area contributed by atoms with Crippen molar-refractivity contribution in [3.05, 3.63) is 29.6 Å². The highest BCUT2D eigenvalue weighted by Gasteiger charge is 2.26. The molecule has 0 spiro atoms. The zero-order chi connectivity index (χ0) is 15.2. The van der Waals surface area contributed by atoms with Gasteiger partial charge in [0.25, 0.3) is 0 Å². The summed E-state index contributed by atoms with van der Waals surface area (Å²) in [7, 11) is -1.92. The number of benzene rings is 1. The van der Waals surface area contributed by atoms with Gasteiger partial charge in [-0.05, 0) is 37.6 Å². The number of sulfonamides is 1. The molecule has 6 heteroatoms. The molecule has 0 aliphatic heterocycles. The van der Waals surface area contributed by atoms with Gasteiger partial charge in [-0.15, -0.1) is 0 Å². The van der Waals surface area contributed by atoms with Gasteiger partial charge in [0, 0.05) is 19.6 Å². The molecule has 1 aromatic rings. The number of nitrogens with zero attached hydrogens (tertiary/aromatic N) is 1. The summed E-state index contributed by atoms with van der Waals surface area (Å²) >= 11 is 0. The molecule has 1 N–H and O–H groups in total. The Bertz CT molecular complexity index is 526. The van der Waals surface area contributed by atoms with Crippen LogP contribution in [0.15, 0.2) is 23.1 Å². The van der Waals surface area contributed by atoms with E-state index in [-0.39, 0.29) is 4.90 Å². The second-order valence-electron chi connectivity index (χ2n) is 4.69. The van der Waals surface area contributed by atoms with Gasteiger partial charge < -0.3 is 5.32 Å². The van der Waals surface area contributed by atoms with E-state index in [2.05, 4.69) is 5.32 Å². The molecule has 0 saturated heterocycles. The van der Waals surface area contributed by atoms with Crippen LogP contribution in [-0.4, -0.2) is 32.9 Å². The molecule has 4 nitrogen and oxygen atoms in total. The third kappa shape index (κ3) is 4.01. The monoisotopic (exact) mass is 302 g/mol. The van der Waals surface area contributed by atoms with E-state index in [4.69, 9.17) is 0 Å². The highest BCUT2D eigenvalue weighted by Crippen LogP contribution is 2.22. The lowest BCUT2D eigenvalue weighted by atomic mass is 10.2. The maximum absolute atomic E-state index is 13.4. The van der Waals surface area contributed by atoms with E-state index in [0.29, 0.717) is 25.2 Å². The van der Waals surface area contributed by atoms with Crippen molar-refractivity contribution in [1.82, 2.24) is 9.62 Å². The average molecular weight is 302 g/mol. The van der Waals surface area contributed by atoms with Crippen molar-refractivity contribution in [3.63, 3.8) is 0 Å². The Kier molecular flexibility index (Phi) is 6.58. The van der Waals surface area contributed by atoms with E-state index in [9.17, 15) is 12.8 Å². The third-order valence-corrected chi connectivity index (χ3v) is 4.94. The molecule has 1 rings (SSSR count). The summed E-state index contributed by atoms with van der Waals surface area (Å²) in [4.78, 5) is 0.0637. The van der Waals surface area contributed by atoms with Gasteiger partial charge in [0.15, 0.2) is 0 Å². The lowest BCUT2D eigenvalue weighted by molar-refractivity contribution is 0.409. The van der Waals surface area contributed by atoms with Crippen molar-refractivity contribution in [2.24, 2.45) is 0 Å². The summed E-state index contributed by atoms with van der Waals surface area (Å²) in [6.07, 6.45) is 1.46. The zero-order valence-electron chi connectivity index (χ0n) is 12.3. The van der Waals surface area contributed by atoms with Gasteiger partial charge >= 0.3 is 0 Å². The molecule has 0 aliphatic rings. The molecule has 20 heavy (non-hydrogen) atoms. The Balaban J connectivity index is 3.27. The first-order valence-corrected chi connectivity index (χ1v) is 8.34. The van der Waals surface area contributed by atoms with Gasteiger partial charge in [-0.3, -0.25) is 0 Å². The standard InChI is InChI=1S/C14H23FN2O2S/c1-4-8-17(9-5-2)20(18,19)14-10-13(15)7-6-12(14)11-16-3/h6-7,10,16H,4-5,8-9,11H2,1-3H3. The fourth-order valence-electron chi connectivity index (χ4n) is 2.10. The molecule has 114 valence electrons. The Morgan fingerprint density at radius 2 is 1.80 bits per heavy atom. The van der Waals surface area contributed by atoms with E-state index < -0.39 is 15.8 Å². The fraction of sp³-hybridized carbons (Fsp3) is 0.571. The van der Waals surface area contributed by atoms with Gasteiger partial charge in [-0.25, -0.2) is 12.8 Å². The van der Waals surface area contributed by atoms with Crippen molar-refractivity contribution >= 4 is 10.0 Å². The summed E-state index contributed by atoms with van der Waals surface area (Å²) in [5.74, 6) is -0.531. The van der Waals surface area contributed by atoms with Crippen LogP contribution in [0.1, 0.15) is 32.3 Å². The summed E-state index contributed by atoms with van der Waals surface area (Å²) in [5.41, 5.74) is 0.589. The van der Waals surface area contributed by atoms with Gasteiger partial charge in [0.1, 0.15) is 5.82 Å². The van der Waals surface area contributed by atoms with Crippen molar-refractivity contribution in [2.45, 2.75) is 38.1 Å². The largest absolute Gasteiger partial charge is 0.316 e. The van der Waals surface area contributed by atoms with E-state index in [1.54, 1.807) is 7.05 Å². The van der Waals surface area contributed by atoms with Crippen molar-refractivity contribution in [2.75, 3.05) is 20.1 Å². The number of nitrogens with one attached hydrogen (secondary N) is 1. The number of hydrogen-bond donors (Lipinski definition) is 1. The first-order valence-electron chi connectivity index (χ1n) is 6.90. The molecule has 0 saturated carbocycles. The molecule has 0 aliphatic carbocycles. The first-order chi connectivity index (χ1) is 9.47. The molecule has 0 heterocycles. The van der Waals surface area contributed by atoms with Crippen LogP contribution in [0.5, 0.6) is 0 Å². The Labute approximate surface area is 121 Å². The maximum Gasteiger partial charge on any atom is 0.243 e. The van der Waals surface area contributed by atoms with Crippen LogP contribution < -0.4 is 5.32 Å². The zero-order valence-corrected chi connectivity index (χ0v) is 13.1. The number of halogens is 1. The molecule has 0 fully saturated rings. The molecule has 0 radical (unpaired) electrons. The minimum atomic E-state index is -3.65. The quantitative estimate of drug-likeness (QED) is 0.802. The average Bonchev–Trinajstić information content (AvgIpc) is 2.40. The summed E-state index contributed by atoms with van der Waals surface area (Å²) in [6.45, 7) is 5.15. The van der Waals surface area contributed by atoms with E-state index >= 15 is 0 Å². The highest BCUT2D eigenvalue weighted by atomic mass is 32.2. The van der Waals surface area contributed by atoms with Crippen LogP contribution in [0.4, 0.5) is 4.39 Å². The minimum absolute atomic E-state index is 0.0637. The van der Waals surface area contributed by atoms with Gasteiger partial charge in [0.2, 0.25) is 10.0 Å². The van der Waals surface area contributed by atoms with Crippen LogP contribution in [0.2, 0.25) is 0 Å². The lowest BCUT2D eigenvalue weighted by Gasteiger charge is -2.22. The second kappa shape index (κ2) is 7.71. The van der Waals surface area contributed by atoms with E-state index in [0.717, 1.165) is 18.9 Å². The molecule has 0 unspecified atom stereocenters. The van der Waals surface area contributed by atoms with Crippen LogP contribution in [0.25, 0.3) is 0 Å². The molecule has 0 bridgehead atoms.